The Kier molecular flexibility index (Phi) is 4.29. The number of aromatic nitrogens is 1. The van der Waals surface area contributed by atoms with Crippen LogP contribution >= 0.6 is 11.3 Å². The zero-order valence-electron chi connectivity index (χ0n) is 10.3. The number of hydrogen-bond acceptors (Lipinski definition) is 4. The Morgan fingerprint density at radius 1 is 1.53 bits per heavy atom. The largest absolute Gasteiger partial charge is 0.384 e. The van der Waals surface area contributed by atoms with E-state index < -0.39 is 0 Å². The number of pyridine rings is 1. The number of carbonyl (C=O) groups excluding carboxylic acids is 1. The van der Waals surface area contributed by atoms with E-state index in [1.54, 1.807) is 23.8 Å². The zero-order valence-corrected chi connectivity index (χ0v) is 11.1. The maximum absolute atomic E-state index is 12.1. The van der Waals surface area contributed by atoms with Gasteiger partial charge in [0.15, 0.2) is 0 Å². The number of thiophene rings is 1. The molecule has 0 bridgehead atoms. The standard InChI is InChI=1S/C14H12N2O2S/c1-10-7-12(9-15-8-10)16-14(18)13-11(3-2-5-17)4-6-19-13/h4,6-9,17H,5H2,1H3,(H,16,18). The Morgan fingerprint density at radius 2 is 2.37 bits per heavy atom. The molecule has 96 valence electrons. The Labute approximate surface area is 115 Å². The van der Waals surface area contributed by atoms with Crippen LogP contribution in [0.25, 0.3) is 0 Å². The molecule has 2 heterocycles. The Hall–Kier alpha value is -2.16. The minimum atomic E-state index is -0.224. The van der Waals surface area contributed by atoms with E-state index in [9.17, 15) is 4.79 Å². The minimum Gasteiger partial charge on any atom is -0.384 e. The van der Waals surface area contributed by atoms with E-state index >= 15 is 0 Å². The van der Waals surface area contributed by atoms with Crippen LogP contribution in [-0.4, -0.2) is 22.6 Å². The molecule has 0 fully saturated rings. The highest BCUT2D eigenvalue weighted by Gasteiger charge is 2.12. The van der Waals surface area contributed by atoms with Crippen molar-refractivity contribution < 1.29 is 9.90 Å². The van der Waals surface area contributed by atoms with Crippen molar-refractivity contribution in [3.8, 4) is 11.8 Å². The summed E-state index contributed by atoms with van der Waals surface area (Å²) in [6.07, 6.45) is 3.32. The Bertz CT molecular complexity index is 653. The van der Waals surface area contributed by atoms with Gasteiger partial charge in [0.05, 0.1) is 11.9 Å². The van der Waals surface area contributed by atoms with Crippen LogP contribution in [0.5, 0.6) is 0 Å². The molecule has 4 nitrogen and oxygen atoms in total. The van der Waals surface area contributed by atoms with Crippen LogP contribution in [0, 0.1) is 18.8 Å². The summed E-state index contributed by atoms with van der Waals surface area (Å²) in [5.74, 6) is 5.08. The van der Waals surface area contributed by atoms with Gasteiger partial charge in [0.1, 0.15) is 11.5 Å². The third-order valence-electron chi connectivity index (χ3n) is 2.31. The highest BCUT2D eigenvalue weighted by Crippen LogP contribution is 2.18. The average molecular weight is 272 g/mol. The number of hydrogen-bond donors (Lipinski definition) is 2. The van der Waals surface area contributed by atoms with Crippen LogP contribution < -0.4 is 5.32 Å². The van der Waals surface area contributed by atoms with Crippen molar-refractivity contribution in [1.82, 2.24) is 4.98 Å². The fourth-order valence-corrected chi connectivity index (χ4v) is 2.27. The van der Waals surface area contributed by atoms with E-state index in [1.165, 1.54) is 11.3 Å². The first-order valence-corrected chi connectivity index (χ1v) is 6.49. The van der Waals surface area contributed by atoms with Crippen molar-refractivity contribution in [3.05, 3.63) is 45.9 Å². The van der Waals surface area contributed by atoms with Crippen molar-refractivity contribution >= 4 is 22.9 Å². The first kappa shape index (κ1) is 13.3. The van der Waals surface area contributed by atoms with Gasteiger partial charge in [-0.25, -0.2) is 0 Å². The number of rotatable bonds is 2. The van der Waals surface area contributed by atoms with Gasteiger partial charge in [-0.2, -0.15) is 0 Å². The summed E-state index contributed by atoms with van der Waals surface area (Å²) in [5, 5.41) is 13.3. The van der Waals surface area contributed by atoms with Gasteiger partial charge in [-0.05, 0) is 30.0 Å². The van der Waals surface area contributed by atoms with Gasteiger partial charge in [0, 0.05) is 11.8 Å². The average Bonchev–Trinajstić information content (AvgIpc) is 2.84. The van der Waals surface area contributed by atoms with Crippen LogP contribution in [0.4, 0.5) is 5.69 Å². The topological polar surface area (TPSA) is 62.2 Å². The molecule has 2 N–H and O–H groups in total. The molecule has 2 rings (SSSR count). The van der Waals surface area contributed by atoms with Gasteiger partial charge in [0.2, 0.25) is 0 Å². The van der Waals surface area contributed by atoms with Gasteiger partial charge >= 0.3 is 0 Å². The van der Waals surface area contributed by atoms with Gasteiger partial charge in [-0.3, -0.25) is 9.78 Å². The maximum Gasteiger partial charge on any atom is 0.267 e. The summed E-state index contributed by atoms with van der Waals surface area (Å²) in [4.78, 5) is 16.7. The summed E-state index contributed by atoms with van der Waals surface area (Å²) in [6.45, 7) is 1.69. The number of amides is 1. The van der Waals surface area contributed by atoms with E-state index in [-0.39, 0.29) is 12.5 Å². The highest BCUT2D eigenvalue weighted by molar-refractivity contribution is 7.12. The lowest BCUT2D eigenvalue weighted by atomic mass is 10.2. The molecule has 1 amide bonds. The molecule has 0 saturated carbocycles. The predicted molar refractivity (Wildman–Crippen MR) is 75.2 cm³/mol. The molecule has 0 aromatic carbocycles. The molecule has 19 heavy (non-hydrogen) atoms. The lowest BCUT2D eigenvalue weighted by Gasteiger charge is -2.04. The van der Waals surface area contributed by atoms with Crippen molar-refractivity contribution in [3.63, 3.8) is 0 Å². The lowest BCUT2D eigenvalue weighted by Crippen LogP contribution is -2.11. The van der Waals surface area contributed by atoms with Crippen molar-refractivity contribution in [2.24, 2.45) is 0 Å². The number of aliphatic hydroxyl groups is 1. The number of aryl methyl sites for hydroxylation is 1. The summed E-state index contributed by atoms with van der Waals surface area (Å²) < 4.78 is 0. The molecule has 2 aromatic heterocycles. The number of aliphatic hydroxyl groups excluding tert-OH is 1. The van der Waals surface area contributed by atoms with Crippen LogP contribution in [0.2, 0.25) is 0 Å². The normalized spacial score (nSPS) is 9.58. The number of carbonyl (C=O) groups is 1. The third kappa shape index (κ3) is 3.41. The van der Waals surface area contributed by atoms with Crippen molar-refractivity contribution in [2.75, 3.05) is 11.9 Å². The molecule has 0 radical (unpaired) electrons. The number of nitrogens with one attached hydrogen (secondary N) is 1. The fraction of sp³-hybridized carbons (Fsp3) is 0.143. The second-order valence-corrected chi connectivity index (χ2v) is 4.74. The van der Waals surface area contributed by atoms with Crippen LogP contribution in [0.3, 0.4) is 0 Å². The SMILES string of the molecule is Cc1cncc(NC(=O)c2sccc2C#CCO)c1. The van der Waals surface area contributed by atoms with Gasteiger partial charge in [0.25, 0.3) is 5.91 Å². The zero-order chi connectivity index (χ0) is 13.7. The molecule has 0 aliphatic heterocycles. The summed E-state index contributed by atoms with van der Waals surface area (Å²) in [5.41, 5.74) is 2.25. The van der Waals surface area contributed by atoms with Gasteiger partial charge in [-0.1, -0.05) is 11.8 Å². The van der Waals surface area contributed by atoms with Crippen LogP contribution in [0.15, 0.2) is 29.9 Å². The van der Waals surface area contributed by atoms with Crippen molar-refractivity contribution in [2.45, 2.75) is 6.92 Å². The van der Waals surface area contributed by atoms with E-state index in [4.69, 9.17) is 5.11 Å². The van der Waals surface area contributed by atoms with E-state index in [0.29, 0.717) is 16.1 Å². The Balaban J connectivity index is 2.19. The van der Waals surface area contributed by atoms with E-state index in [1.807, 2.05) is 13.0 Å². The molecule has 5 heteroatoms. The van der Waals surface area contributed by atoms with Crippen LogP contribution in [-0.2, 0) is 0 Å². The smallest absolute Gasteiger partial charge is 0.267 e. The Morgan fingerprint density at radius 3 is 3.11 bits per heavy atom. The van der Waals surface area contributed by atoms with Gasteiger partial charge in [-0.15, -0.1) is 11.3 Å². The molecule has 0 aliphatic carbocycles. The first-order chi connectivity index (χ1) is 9.20. The third-order valence-corrected chi connectivity index (χ3v) is 3.22. The molecule has 0 spiro atoms. The van der Waals surface area contributed by atoms with Gasteiger partial charge < -0.3 is 10.4 Å². The molecular weight excluding hydrogens is 260 g/mol. The minimum absolute atomic E-state index is 0.218. The molecule has 2 aromatic rings. The molecule has 0 unspecified atom stereocenters. The fourth-order valence-electron chi connectivity index (χ4n) is 1.53. The quantitative estimate of drug-likeness (QED) is 0.822. The molecule has 0 saturated heterocycles. The summed E-state index contributed by atoms with van der Waals surface area (Å²) in [7, 11) is 0. The predicted octanol–water partition coefficient (Wildman–Crippen LogP) is 2.05. The first-order valence-electron chi connectivity index (χ1n) is 5.61. The monoisotopic (exact) mass is 272 g/mol. The van der Waals surface area contributed by atoms with E-state index in [0.717, 1.165) is 5.56 Å². The summed E-state index contributed by atoms with van der Waals surface area (Å²) in [6, 6.07) is 3.61. The highest BCUT2D eigenvalue weighted by atomic mass is 32.1. The van der Waals surface area contributed by atoms with E-state index in [2.05, 4.69) is 22.1 Å². The molecule has 0 aliphatic rings. The molecule has 0 atom stereocenters. The number of nitrogens with zero attached hydrogens (tertiary/aromatic N) is 1. The summed E-state index contributed by atoms with van der Waals surface area (Å²) >= 11 is 1.31. The maximum atomic E-state index is 12.1. The lowest BCUT2D eigenvalue weighted by molar-refractivity contribution is 0.103. The second kappa shape index (κ2) is 6.14. The number of anilines is 1. The second-order valence-electron chi connectivity index (χ2n) is 3.83. The van der Waals surface area contributed by atoms with Crippen LogP contribution in [0.1, 0.15) is 20.8 Å². The molecular formula is C14H12N2O2S. The van der Waals surface area contributed by atoms with Crippen molar-refractivity contribution in [1.29, 1.82) is 0 Å².